The number of carbonyl (C=O) groups is 3. The fraction of sp³-hybridized carbons (Fsp3) is 0.393. The Kier molecular flexibility index (Phi) is 5.25. The second kappa shape index (κ2) is 8.34. The summed E-state index contributed by atoms with van der Waals surface area (Å²) in [6, 6.07) is 13.7. The normalized spacial score (nSPS) is 29.1. The molecule has 3 fully saturated rings. The lowest BCUT2D eigenvalue weighted by atomic mass is 9.85. The topological polar surface area (TPSA) is 76.1 Å². The number of likely N-dealkylation sites (tertiary alicyclic amines) is 1. The van der Waals surface area contributed by atoms with Crippen LogP contribution in [0.4, 0.5) is 5.69 Å². The lowest BCUT2D eigenvalue weighted by Crippen LogP contribution is -2.49. The maximum absolute atomic E-state index is 14.0. The number of para-hydroxylation sites is 1. The molecule has 0 unspecified atom stereocenters. The molecule has 0 spiro atoms. The van der Waals surface area contributed by atoms with E-state index in [2.05, 4.69) is 6.08 Å². The molecule has 4 aliphatic rings. The third-order valence-corrected chi connectivity index (χ3v) is 7.90. The van der Waals surface area contributed by atoms with Gasteiger partial charge in [-0.1, -0.05) is 24.3 Å². The molecule has 0 radical (unpaired) electrons. The molecule has 0 bridgehead atoms. The molecule has 5 atom stereocenters. The first kappa shape index (κ1) is 22.0. The van der Waals surface area contributed by atoms with Crippen LogP contribution < -0.4 is 9.64 Å². The van der Waals surface area contributed by atoms with Crippen LogP contribution in [0, 0.1) is 11.8 Å². The van der Waals surface area contributed by atoms with E-state index >= 15 is 0 Å². The van der Waals surface area contributed by atoms with E-state index < -0.39 is 17.9 Å². The van der Waals surface area contributed by atoms with E-state index in [1.54, 1.807) is 31.4 Å². The Balaban J connectivity index is 1.44. The quantitative estimate of drug-likeness (QED) is 0.491. The van der Waals surface area contributed by atoms with Gasteiger partial charge >= 0.3 is 0 Å². The van der Waals surface area contributed by atoms with Gasteiger partial charge < -0.3 is 14.4 Å². The molecule has 0 N–H and O–H groups in total. The Labute approximate surface area is 204 Å². The summed E-state index contributed by atoms with van der Waals surface area (Å²) < 4.78 is 11.0. The first-order chi connectivity index (χ1) is 17.0. The fourth-order valence-corrected chi connectivity index (χ4v) is 6.26. The van der Waals surface area contributed by atoms with E-state index in [0.29, 0.717) is 17.9 Å². The second-order valence-electron chi connectivity index (χ2n) is 9.78. The van der Waals surface area contributed by atoms with E-state index in [9.17, 15) is 14.4 Å². The number of anilines is 1. The summed E-state index contributed by atoms with van der Waals surface area (Å²) in [6.45, 7) is 2.94. The number of ketones is 1. The number of benzene rings is 2. The van der Waals surface area contributed by atoms with Crippen LogP contribution in [0.3, 0.4) is 0 Å². The zero-order chi connectivity index (χ0) is 24.3. The van der Waals surface area contributed by atoms with Crippen molar-refractivity contribution in [3.63, 3.8) is 0 Å². The predicted molar refractivity (Wildman–Crippen MR) is 130 cm³/mol. The van der Waals surface area contributed by atoms with Crippen molar-refractivity contribution in [2.24, 2.45) is 11.8 Å². The van der Waals surface area contributed by atoms with Gasteiger partial charge in [0, 0.05) is 23.4 Å². The monoisotopic (exact) mass is 472 g/mol. The Morgan fingerprint density at radius 3 is 2.51 bits per heavy atom. The van der Waals surface area contributed by atoms with Crippen molar-refractivity contribution >= 4 is 28.9 Å². The standard InChI is InChI=1S/C28H28N2O5/c1-16-14-22-23-24(28(33)29(27(23)32)15-19-6-5-13-35-19)25(30(22)21-8-4-3-7-20(16)21)26(31)17-9-11-18(34-2)12-10-17/h3-4,7-12,14,19,22-25H,5-6,13,15H2,1-2H3/t19-,22+,23-,24-,25+/m0/s1. The van der Waals surface area contributed by atoms with E-state index in [0.717, 1.165) is 29.7 Å². The molecule has 7 heteroatoms. The molecule has 35 heavy (non-hydrogen) atoms. The number of ether oxygens (including phenoxy) is 2. The number of rotatable bonds is 5. The molecule has 7 nitrogen and oxygen atoms in total. The van der Waals surface area contributed by atoms with Crippen LogP contribution in [0.2, 0.25) is 0 Å². The minimum absolute atomic E-state index is 0.127. The van der Waals surface area contributed by atoms with Gasteiger partial charge in [0.2, 0.25) is 11.8 Å². The number of fused-ring (bicyclic) bond motifs is 5. The van der Waals surface area contributed by atoms with Gasteiger partial charge in [0.25, 0.3) is 0 Å². The van der Waals surface area contributed by atoms with Crippen LogP contribution in [0.25, 0.3) is 5.57 Å². The molecular weight excluding hydrogens is 444 g/mol. The number of carbonyl (C=O) groups excluding carboxylic acids is 3. The molecule has 0 aliphatic carbocycles. The number of amides is 2. The number of allylic oxidation sites excluding steroid dienone is 1. The van der Waals surface area contributed by atoms with Crippen LogP contribution >= 0.6 is 0 Å². The van der Waals surface area contributed by atoms with Gasteiger partial charge in [-0.05, 0) is 55.7 Å². The minimum Gasteiger partial charge on any atom is -0.497 e. The lowest BCUT2D eigenvalue weighted by molar-refractivity contribution is -0.142. The van der Waals surface area contributed by atoms with Crippen molar-refractivity contribution in [3.8, 4) is 5.75 Å². The van der Waals surface area contributed by atoms with Gasteiger partial charge in [0.05, 0.1) is 37.6 Å². The molecule has 180 valence electrons. The largest absolute Gasteiger partial charge is 0.497 e. The van der Waals surface area contributed by atoms with Crippen molar-refractivity contribution in [2.45, 2.75) is 38.0 Å². The number of Topliss-reactive ketones (excluding diaryl/α,β-unsaturated/α-hetero) is 1. The van der Waals surface area contributed by atoms with Gasteiger partial charge in [-0.25, -0.2) is 0 Å². The molecular formula is C28H28N2O5. The first-order valence-corrected chi connectivity index (χ1v) is 12.2. The molecule has 2 aromatic rings. The van der Waals surface area contributed by atoms with Crippen LogP contribution in [-0.4, -0.2) is 60.9 Å². The summed E-state index contributed by atoms with van der Waals surface area (Å²) in [5, 5.41) is 0. The highest BCUT2D eigenvalue weighted by Crippen LogP contribution is 2.50. The summed E-state index contributed by atoms with van der Waals surface area (Å²) in [5.41, 5.74) is 3.46. The SMILES string of the molecule is COc1ccc(C(=O)[C@H]2[C@H]3C(=O)N(C[C@@H]4CCCO4)C(=O)[C@H]3[C@H]3C=C(C)c4ccccc4N32)cc1. The van der Waals surface area contributed by atoms with Crippen molar-refractivity contribution < 1.29 is 23.9 Å². The Morgan fingerprint density at radius 2 is 1.80 bits per heavy atom. The minimum atomic E-state index is -0.769. The van der Waals surface area contributed by atoms with Gasteiger partial charge in [0.1, 0.15) is 11.8 Å². The number of hydrogen-bond acceptors (Lipinski definition) is 6. The molecule has 0 aromatic heterocycles. The molecule has 6 rings (SSSR count). The zero-order valence-electron chi connectivity index (χ0n) is 19.8. The molecule has 4 aliphatic heterocycles. The highest BCUT2D eigenvalue weighted by atomic mass is 16.5. The van der Waals surface area contributed by atoms with Crippen LogP contribution in [-0.2, 0) is 14.3 Å². The fourth-order valence-electron chi connectivity index (χ4n) is 6.26. The van der Waals surface area contributed by atoms with Gasteiger partial charge in [-0.3, -0.25) is 19.3 Å². The van der Waals surface area contributed by atoms with Gasteiger partial charge in [0.15, 0.2) is 5.78 Å². The van der Waals surface area contributed by atoms with Crippen LogP contribution in [0.5, 0.6) is 5.75 Å². The van der Waals surface area contributed by atoms with Gasteiger partial charge in [-0.2, -0.15) is 0 Å². The first-order valence-electron chi connectivity index (χ1n) is 12.2. The number of methoxy groups -OCH3 is 1. The smallest absolute Gasteiger partial charge is 0.235 e. The lowest BCUT2D eigenvalue weighted by Gasteiger charge is -2.38. The maximum Gasteiger partial charge on any atom is 0.235 e. The van der Waals surface area contributed by atoms with E-state index in [1.807, 2.05) is 36.1 Å². The Hall–Kier alpha value is -3.45. The average molecular weight is 473 g/mol. The molecule has 4 heterocycles. The summed E-state index contributed by atoms with van der Waals surface area (Å²) in [5.74, 6) is -1.30. The third-order valence-electron chi connectivity index (χ3n) is 7.90. The molecule has 2 amide bonds. The summed E-state index contributed by atoms with van der Waals surface area (Å²) in [6.07, 6.45) is 3.70. The maximum atomic E-state index is 14.0. The predicted octanol–water partition coefficient (Wildman–Crippen LogP) is 3.33. The van der Waals surface area contributed by atoms with E-state index in [1.165, 1.54) is 4.90 Å². The number of imide groups is 1. The average Bonchev–Trinajstić information content (AvgIpc) is 3.57. The number of nitrogens with zero attached hydrogens (tertiary/aromatic N) is 2. The van der Waals surface area contributed by atoms with Crippen molar-refractivity contribution in [2.75, 3.05) is 25.2 Å². The second-order valence-corrected chi connectivity index (χ2v) is 9.78. The van der Waals surface area contributed by atoms with Crippen LogP contribution in [0.15, 0.2) is 54.6 Å². The molecule has 0 saturated carbocycles. The Morgan fingerprint density at radius 1 is 1.06 bits per heavy atom. The van der Waals surface area contributed by atoms with Crippen molar-refractivity contribution in [3.05, 3.63) is 65.7 Å². The van der Waals surface area contributed by atoms with E-state index in [-0.39, 0.29) is 36.3 Å². The third kappa shape index (κ3) is 3.32. The van der Waals surface area contributed by atoms with Crippen molar-refractivity contribution in [1.29, 1.82) is 0 Å². The molecule has 3 saturated heterocycles. The van der Waals surface area contributed by atoms with Crippen LogP contribution in [0.1, 0.15) is 35.7 Å². The van der Waals surface area contributed by atoms with Gasteiger partial charge in [-0.15, -0.1) is 0 Å². The molecule has 2 aromatic carbocycles. The highest BCUT2D eigenvalue weighted by Gasteiger charge is 2.64. The highest BCUT2D eigenvalue weighted by molar-refractivity contribution is 6.14. The summed E-state index contributed by atoms with van der Waals surface area (Å²) >= 11 is 0. The summed E-state index contributed by atoms with van der Waals surface area (Å²) in [4.78, 5) is 44.9. The zero-order valence-corrected chi connectivity index (χ0v) is 19.8. The van der Waals surface area contributed by atoms with E-state index in [4.69, 9.17) is 9.47 Å². The summed E-state index contributed by atoms with van der Waals surface area (Å²) in [7, 11) is 1.58. The Bertz CT molecular complexity index is 1230. The van der Waals surface area contributed by atoms with Crippen molar-refractivity contribution in [1.82, 2.24) is 4.90 Å². The number of hydrogen-bond donors (Lipinski definition) is 0.